The highest BCUT2D eigenvalue weighted by molar-refractivity contribution is 6.02. The molecule has 0 radical (unpaired) electrons. The van der Waals surface area contributed by atoms with Gasteiger partial charge in [0.1, 0.15) is 5.82 Å². The fraction of sp³-hybridized carbons (Fsp3) is 0.400. The van der Waals surface area contributed by atoms with Crippen LogP contribution in [0.2, 0.25) is 0 Å². The Hall–Kier alpha value is -3.40. The number of hydrogen-bond donors (Lipinski definition) is 1. The van der Waals surface area contributed by atoms with Crippen LogP contribution >= 0.6 is 0 Å². The standard InChI is InChI=1S/C20H25N9O/c1-13-12-30-10-9-28(13)17-11-14(15-5-8-22-27(15)4)18-19(23-17)29(16-6-7-21-24-16)25-20(18)26(2)3/h5-8,11,13H,9-10,12H2,1-4H3,(H,21,24)/t13-/m1/s1. The van der Waals surface area contributed by atoms with Gasteiger partial charge < -0.3 is 14.5 Å². The average Bonchev–Trinajstić information content (AvgIpc) is 3.47. The number of aromatic nitrogens is 7. The fourth-order valence-electron chi connectivity index (χ4n) is 3.99. The van der Waals surface area contributed by atoms with E-state index in [-0.39, 0.29) is 6.04 Å². The molecule has 156 valence electrons. The molecule has 1 atom stereocenters. The first kappa shape index (κ1) is 18.6. The van der Waals surface area contributed by atoms with Crippen LogP contribution in [0.25, 0.3) is 28.1 Å². The van der Waals surface area contributed by atoms with Gasteiger partial charge in [0.25, 0.3) is 0 Å². The van der Waals surface area contributed by atoms with Crippen LogP contribution in [-0.2, 0) is 11.8 Å². The number of ether oxygens (including phenoxy) is 1. The predicted octanol–water partition coefficient (Wildman–Crippen LogP) is 1.84. The predicted molar refractivity (Wildman–Crippen MR) is 115 cm³/mol. The van der Waals surface area contributed by atoms with Crippen molar-refractivity contribution in [2.45, 2.75) is 13.0 Å². The normalized spacial score (nSPS) is 17.1. The summed E-state index contributed by atoms with van der Waals surface area (Å²) in [6, 6.07) is 6.29. The third kappa shape index (κ3) is 2.91. The highest BCUT2D eigenvalue weighted by Gasteiger charge is 2.26. The van der Waals surface area contributed by atoms with Crippen molar-refractivity contribution in [2.24, 2.45) is 7.05 Å². The number of nitrogens with zero attached hydrogens (tertiary/aromatic N) is 8. The zero-order valence-corrected chi connectivity index (χ0v) is 17.6. The topological polar surface area (TPSA) is 92.9 Å². The minimum atomic E-state index is 0.236. The van der Waals surface area contributed by atoms with Gasteiger partial charge in [0.05, 0.1) is 36.5 Å². The monoisotopic (exact) mass is 407 g/mol. The number of hydrogen-bond acceptors (Lipinski definition) is 7. The first-order chi connectivity index (χ1) is 14.5. The molecule has 0 aromatic carbocycles. The van der Waals surface area contributed by atoms with Gasteiger partial charge >= 0.3 is 0 Å². The Labute approximate surface area is 174 Å². The summed E-state index contributed by atoms with van der Waals surface area (Å²) in [7, 11) is 5.93. The van der Waals surface area contributed by atoms with Gasteiger partial charge in [-0.25, -0.2) is 4.98 Å². The molecule has 30 heavy (non-hydrogen) atoms. The first-order valence-electron chi connectivity index (χ1n) is 9.98. The second kappa shape index (κ2) is 7.13. The number of rotatable bonds is 4. The number of pyridine rings is 1. The molecule has 0 amide bonds. The maximum Gasteiger partial charge on any atom is 0.169 e. The quantitative estimate of drug-likeness (QED) is 0.552. The number of H-pyrrole nitrogens is 1. The number of aryl methyl sites for hydroxylation is 1. The summed E-state index contributed by atoms with van der Waals surface area (Å²) in [5, 5.41) is 17.4. The maximum atomic E-state index is 5.64. The third-order valence-corrected chi connectivity index (χ3v) is 5.50. The van der Waals surface area contributed by atoms with Crippen LogP contribution in [0.3, 0.4) is 0 Å². The van der Waals surface area contributed by atoms with Crippen molar-refractivity contribution in [1.29, 1.82) is 0 Å². The van der Waals surface area contributed by atoms with Crippen molar-refractivity contribution in [3.05, 3.63) is 30.6 Å². The Kier molecular flexibility index (Phi) is 4.43. The minimum absolute atomic E-state index is 0.236. The summed E-state index contributed by atoms with van der Waals surface area (Å²) in [5.74, 6) is 2.51. The van der Waals surface area contributed by atoms with Crippen molar-refractivity contribution in [3.8, 4) is 17.1 Å². The summed E-state index contributed by atoms with van der Waals surface area (Å²) in [6.45, 7) is 4.33. The van der Waals surface area contributed by atoms with Crippen LogP contribution in [0.5, 0.6) is 0 Å². The largest absolute Gasteiger partial charge is 0.377 e. The molecule has 10 heteroatoms. The fourth-order valence-corrected chi connectivity index (χ4v) is 3.99. The van der Waals surface area contributed by atoms with Gasteiger partial charge in [-0.1, -0.05) is 0 Å². The molecule has 5 heterocycles. The van der Waals surface area contributed by atoms with Crippen LogP contribution in [0.4, 0.5) is 11.6 Å². The van der Waals surface area contributed by atoms with E-state index >= 15 is 0 Å². The number of fused-ring (bicyclic) bond motifs is 1. The molecule has 0 unspecified atom stereocenters. The molecule has 0 bridgehead atoms. The summed E-state index contributed by atoms with van der Waals surface area (Å²) >= 11 is 0. The molecule has 4 aromatic rings. The van der Waals surface area contributed by atoms with Crippen molar-refractivity contribution in [2.75, 3.05) is 43.7 Å². The van der Waals surface area contributed by atoms with Crippen molar-refractivity contribution < 1.29 is 4.74 Å². The average molecular weight is 407 g/mol. The van der Waals surface area contributed by atoms with Crippen LogP contribution in [-0.4, -0.2) is 74.6 Å². The van der Waals surface area contributed by atoms with E-state index < -0.39 is 0 Å². The van der Waals surface area contributed by atoms with Gasteiger partial charge in [0.15, 0.2) is 17.3 Å². The van der Waals surface area contributed by atoms with Gasteiger partial charge in [-0.3, -0.25) is 9.78 Å². The maximum absolute atomic E-state index is 5.64. The molecule has 0 aliphatic carbocycles. The molecule has 4 aromatic heterocycles. The van der Waals surface area contributed by atoms with Gasteiger partial charge in [0, 0.05) is 45.5 Å². The van der Waals surface area contributed by atoms with E-state index in [2.05, 4.69) is 33.2 Å². The highest BCUT2D eigenvalue weighted by atomic mass is 16.5. The minimum Gasteiger partial charge on any atom is -0.377 e. The Morgan fingerprint density at radius 3 is 2.77 bits per heavy atom. The molecular formula is C20H25N9O. The lowest BCUT2D eigenvalue weighted by molar-refractivity contribution is 0.0985. The molecule has 1 N–H and O–H groups in total. The number of aromatic amines is 1. The summed E-state index contributed by atoms with van der Waals surface area (Å²) in [5.41, 5.74) is 2.83. The molecule has 0 spiro atoms. The Balaban J connectivity index is 1.84. The summed E-state index contributed by atoms with van der Waals surface area (Å²) < 4.78 is 9.35. The molecule has 1 aliphatic heterocycles. The van der Waals surface area contributed by atoms with Crippen molar-refractivity contribution >= 4 is 22.7 Å². The first-order valence-corrected chi connectivity index (χ1v) is 9.98. The third-order valence-electron chi connectivity index (χ3n) is 5.50. The van der Waals surface area contributed by atoms with E-state index in [0.29, 0.717) is 13.2 Å². The van der Waals surface area contributed by atoms with Crippen molar-refractivity contribution in [1.82, 2.24) is 34.7 Å². The van der Waals surface area contributed by atoms with E-state index in [1.165, 1.54) is 0 Å². The molecule has 10 nitrogen and oxygen atoms in total. The molecule has 1 aliphatic rings. The number of anilines is 2. The number of nitrogens with one attached hydrogen (secondary N) is 1. The second-order valence-corrected chi connectivity index (χ2v) is 7.76. The lowest BCUT2D eigenvalue weighted by atomic mass is 10.1. The Bertz CT molecular complexity index is 1170. The van der Waals surface area contributed by atoms with Crippen molar-refractivity contribution in [3.63, 3.8) is 0 Å². The number of morpholine rings is 1. The SMILES string of the molecule is C[C@@H]1COCCN1c1cc(-c2ccnn2C)c2c(N(C)C)nn(-c3ccn[nH]3)c2n1. The van der Waals surface area contributed by atoms with Crippen LogP contribution in [0, 0.1) is 0 Å². The van der Waals surface area contributed by atoms with E-state index in [0.717, 1.165) is 46.3 Å². The Morgan fingerprint density at radius 2 is 2.10 bits per heavy atom. The molecule has 0 saturated carbocycles. The smallest absolute Gasteiger partial charge is 0.169 e. The molecular weight excluding hydrogens is 382 g/mol. The van der Waals surface area contributed by atoms with Gasteiger partial charge in [0.2, 0.25) is 0 Å². The lowest BCUT2D eigenvalue weighted by Crippen LogP contribution is -2.44. The molecule has 5 rings (SSSR count). The van der Waals surface area contributed by atoms with E-state index in [4.69, 9.17) is 14.8 Å². The Morgan fingerprint density at radius 1 is 1.23 bits per heavy atom. The zero-order chi connectivity index (χ0) is 20.8. The van der Waals surface area contributed by atoms with E-state index in [9.17, 15) is 0 Å². The van der Waals surface area contributed by atoms with E-state index in [1.807, 2.05) is 53.7 Å². The lowest BCUT2D eigenvalue weighted by Gasteiger charge is -2.34. The van der Waals surface area contributed by atoms with E-state index in [1.54, 1.807) is 6.20 Å². The summed E-state index contributed by atoms with van der Waals surface area (Å²) in [6.07, 6.45) is 3.53. The van der Waals surface area contributed by atoms with Crippen LogP contribution < -0.4 is 9.80 Å². The van der Waals surface area contributed by atoms with Gasteiger partial charge in [-0.15, -0.1) is 5.10 Å². The second-order valence-electron chi connectivity index (χ2n) is 7.76. The zero-order valence-electron chi connectivity index (χ0n) is 17.6. The van der Waals surface area contributed by atoms with Gasteiger partial charge in [-0.05, 0) is 19.1 Å². The van der Waals surface area contributed by atoms with Crippen LogP contribution in [0.15, 0.2) is 30.6 Å². The molecule has 1 fully saturated rings. The van der Waals surface area contributed by atoms with Gasteiger partial charge in [-0.2, -0.15) is 14.9 Å². The highest BCUT2D eigenvalue weighted by Crippen LogP contribution is 2.37. The van der Waals surface area contributed by atoms with Crippen LogP contribution in [0.1, 0.15) is 6.92 Å². The molecule has 1 saturated heterocycles. The summed E-state index contributed by atoms with van der Waals surface area (Å²) in [4.78, 5) is 9.38.